The summed E-state index contributed by atoms with van der Waals surface area (Å²) in [4.78, 5) is 15.4. The van der Waals surface area contributed by atoms with Gasteiger partial charge in [-0.25, -0.2) is 0 Å². The topological polar surface area (TPSA) is 23.6 Å². The molecule has 86 valence electrons. The highest BCUT2D eigenvalue weighted by molar-refractivity contribution is 9.10. The van der Waals surface area contributed by atoms with Crippen LogP contribution < -0.4 is 4.90 Å². The Morgan fingerprint density at radius 2 is 1.81 bits per heavy atom. The third-order valence-corrected chi connectivity index (χ3v) is 3.59. The lowest BCUT2D eigenvalue weighted by molar-refractivity contribution is -0.129. The van der Waals surface area contributed by atoms with Crippen LogP contribution >= 0.6 is 15.9 Å². The average molecular weight is 283 g/mol. The predicted octanol–water partition coefficient (Wildman–Crippen LogP) is 2.12. The van der Waals surface area contributed by atoms with Gasteiger partial charge < -0.3 is 9.80 Å². The van der Waals surface area contributed by atoms with Gasteiger partial charge in [0.15, 0.2) is 0 Å². The van der Waals surface area contributed by atoms with Crippen LogP contribution in [-0.4, -0.2) is 37.0 Å². The fourth-order valence-corrected chi connectivity index (χ4v) is 2.51. The van der Waals surface area contributed by atoms with Crippen LogP contribution in [0.25, 0.3) is 0 Å². The molecule has 4 heteroatoms. The van der Waals surface area contributed by atoms with Crippen molar-refractivity contribution in [2.45, 2.75) is 6.92 Å². The maximum atomic E-state index is 11.2. The molecule has 0 spiro atoms. The minimum absolute atomic E-state index is 0.173. The molecular formula is C12H15BrN2O. The van der Waals surface area contributed by atoms with Crippen LogP contribution in [-0.2, 0) is 4.79 Å². The van der Waals surface area contributed by atoms with Gasteiger partial charge in [0, 0.05) is 37.6 Å². The third kappa shape index (κ3) is 2.38. The van der Waals surface area contributed by atoms with E-state index in [4.69, 9.17) is 0 Å². The summed E-state index contributed by atoms with van der Waals surface area (Å²) in [6, 6.07) is 8.21. The summed E-state index contributed by atoms with van der Waals surface area (Å²) in [6.45, 7) is 5.08. The van der Waals surface area contributed by atoms with Crippen molar-refractivity contribution in [3.63, 3.8) is 0 Å². The fourth-order valence-electron chi connectivity index (χ4n) is 1.97. The van der Waals surface area contributed by atoms with Crippen molar-refractivity contribution in [1.82, 2.24) is 4.90 Å². The maximum Gasteiger partial charge on any atom is 0.219 e. The SMILES string of the molecule is CC(=O)N1CCN(c2ccccc2Br)CC1. The molecule has 1 aromatic carbocycles. The number of hydrogen-bond acceptors (Lipinski definition) is 2. The Morgan fingerprint density at radius 3 is 2.38 bits per heavy atom. The summed E-state index contributed by atoms with van der Waals surface area (Å²) in [5.41, 5.74) is 1.21. The first-order chi connectivity index (χ1) is 7.68. The molecule has 1 aromatic rings. The minimum Gasteiger partial charge on any atom is -0.367 e. The molecule has 0 unspecified atom stereocenters. The Hall–Kier alpha value is -1.03. The largest absolute Gasteiger partial charge is 0.367 e. The monoisotopic (exact) mass is 282 g/mol. The zero-order chi connectivity index (χ0) is 11.5. The van der Waals surface area contributed by atoms with Crippen LogP contribution in [0.4, 0.5) is 5.69 Å². The normalized spacial score (nSPS) is 16.4. The quantitative estimate of drug-likeness (QED) is 0.788. The van der Waals surface area contributed by atoms with E-state index in [2.05, 4.69) is 26.9 Å². The molecule has 0 saturated carbocycles. The molecule has 0 bridgehead atoms. The highest BCUT2D eigenvalue weighted by Gasteiger charge is 2.19. The number of carbonyl (C=O) groups excluding carboxylic acids is 1. The van der Waals surface area contributed by atoms with Crippen LogP contribution in [0.5, 0.6) is 0 Å². The molecule has 0 N–H and O–H groups in total. The van der Waals surface area contributed by atoms with Crippen LogP contribution in [0.2, 0.25) is 0 Å². The van der Waals surface area contributed by atoms with Gasteiger partial charge in [-0.2, -0.15) is 0 Å². The second kappa shape index (κ2) is 4.87. The van der Waals surface area contributed by atoms with E-state index >= 15 is 0 Å². The number of para-hydroxylation sites is 1. The summed E-state index contributed by atoms with van der Waals surface area (Å²) >= 11 is 3.55. The van der Waals surface area contributed by atoms with Crippen molar-refractivity contribution in [2.24, 2.45) is 0 Å². The van der Waals surface area contributed by atoms with E-state index < -0.39 is 0 Å². The number of benzene rings is 1. The van der Waals surface area contributed by atoms with Crippen LogP contribution in [0.15, 0.2) is 28.7 Å². The number of amides is 1. The van der Waals surface area contributed by atoms with E-state index in [1.165, 1.54) is 5.69 Å². The first-order valence-electron chi connectivity index (χ1n) is 5.43. The summed E-state index contributed by atoms with van der Waals surface area (Å²) in [5, 5.41) is 0. The molecule has 1 amide bonds. The maximum absolute atomic E-state index is 11.2. The first-order valence-corrected chi connectivity index (χ1v) is 6.23. The Morgan fingerprint density at radius 1 is 1.19 bits per heavy atom. The van der Waals surface area contributed by atoms with E-state index in [0.717, 1.165) is 30.7 Å². The van der Waals surface area contributed by atoms with Gasteiger partial charge in [0.05, 0.1) is 5.69 Å². The van der Waals surface area contributed by atoms with Crippen molar-refractivity contribution in [3.8, 4) is 0 Å². The van der Waals surface area contributed by atoms with Crippen LogP contribution in [0, 0.1) is 0 Å². The Labute approximate surface area is 104 Å². The van der Waals surface area contributed by atoms with Gasteiger partial charge in [0.2, 0.25) is 5.91 Å². The highest BCUT2D eigenvalue weighted by Crippen LogP contribution is 2.26. The predicted molar refractivity (Wildman–Crippen MR) is 68.6 cm³/mol. The number of carbonyl (C=O) groups is 1. The zero-order valence-corrected chi connectivity index (χ0v) is 10.9. The molecular weight excluding hydrogens is 268 g/mol. The van der Waals surface area contributed by atoms with Crippen molar-refractivity contribution in [1.29, 1.82) is 0 Å². The molecule has 16 heavy (non-hydrogen) atoms. The summed E-state index contributed by atoms with van der Waals surface area (Å²) in [7, 11) is 0. The number of hydrogen-bond donors (Lipinski definition) is 0. The minimum atomic E-state index is 0.173. The average Bonchev–Trinajstić information content (AvgIpc) is 2.30. The number of rotatable bonds is 1. The molecule has 0 aliphatic carbocycles. The molecule has 0 atom stereocenters. The number of anilines is 1. The summed E-state index contributed by atoms with van der Waals surface area (Å²) in [5.74, 6) is 0.173. The Kier molecular flexibility index (Phi) is 3.49. The highest BCUT2D eigenvalue weighted by atomic mass is 79.9. The van der Waals surface area contributed by atoms with E-state index in [1.54, 1.807) is 6.92 Å². The Bertz CT molecular complexity index is 386. The lowest BCUT2D eigenvalue weighted by Crippen LogP contribution is -2.48. The molecule has 1 aliphatic rings. The molecule has 2 rings (SSSR count). The smallest absolute Gasteiger partial charge is 0.219 e. The Balaban J connectivity index is 2.05. The van der Waals surface area contributed by atoms with E-state index in [1.807, 2.05) is 23.1 Å². The molecule has 1 fully saturated rings. The number of halogens is 1. The van der Waals surface area contributed by atoms with Crippen molar-refractivity contribution in [2.75, 3.05) is 31.1 Å². The van der Waals surface area contributed by atoms with Gasteiger partial charge in [0.1, 0.15) is 0 Å². The molecule has 0 radical (unpaired) electrons. The van der Waals surface area contributed by atoms with Gasteiger partial charge in [0.25, 0.3) is 0 Å². The van der Waals surface area contributed by atoms with Crippen molar-refractivity contribution < 1.29 is 4.79 Å². The molecule has 3 nitrogen and oxygen atoms in total. The second-order valence-corrected chi connectivity index (χ2v) is 4.80. The zero-order valence-electron chi connectivity index (χ0n) is 9.32. The first kappa shape index (κ1) is 11.5. The van der Waals surface area contributed by atoms with E-state index in [9.17, 15) is 4.79 Å². The standard InChI is InChI=1S/C12H15BrN2O/c1-10(16)14-6-8-15(9-7-14)12-5-3-2-4-11(12)13/h2-5H,6-9H2,1H3. The third-order valence-electron chi connectivity index (χ3n) is 2.92. The lowest BCUT2D eigenvalue weighted by Gasteiger charge is -2.36. The number of piperazine rings is 1. The van der Waals surface area contributed by atoms with Gasteiger partial charge in [-0.3, -0.25) is 4.79 Å². The van der Waals surface area contributed by atoms with Gasteiger partial charge in [-0.1, -0.05) is 12.1 Å². The molecule has 1 heterocycles. The van der Waals surface area contributed by atoms with Gasteiger partial charge in [-0.05, 0) is 28.1 Å². The van der Waals surface area contributed by atoms with Crippen LogP contribution in [0.3, 0.4) is 0 Å². The summed E-state index contributed by atoms with van der Waals surface area (Å²) < 4.78 is 1.12. The van der Waals surface area contributed by atoms with Crippen molar-refractivity contribution >= 4 is 27.5 Å². The molecule has 1 aliphatic heterocycles. The van der Waals surface area contributed by atoms with Gasteiger partial charge >= 0.3 is 0 Å². The fraction of sp³-hybridized carbons (Fsp3) is 0.417. The van der Waals surface area contributed by atoms with Crippen LogP contribution in [0.1, 0.15) is 6.92 Å². The second-order valence-electron chi connectivity index (χ2n) is 3.94. The summed E-state index contributed by atoms with van der Waals surface area (Å²) in [6.07, 6.45) is 0. The molecule has 1 saturated heterocycles. The lowest BCUT2D eigenvalue weighted by atomic mass is 10.2. The van der Waals surface area contributed by atoms with E-state index in [-0.39, 0.29) is 5.91 Å². The molecule has 0 aromatic heterocycles. The number of nitrogens with zero attached hydrogens (tertiary/aromatic N) is 2. The van der Waals surface area contributed by atoms with E-state index in [0.29, 0.717) is 0 Å². The van der Waals surface area contributed by atoms with Crippen molar-refractivity contribution in [3.05, 3.63) is 28.7 Å². The van der Waals surface area contributed by atoms with Gasteiger partial charge in [-0.15, -0.1) is 0 Å².